The van der Waals surface area contributed by atoms with E-state index in [0.29, 0.717) is 11.4 Å². The van der Waals surface area contributed by atoms with Crippen LogP contribution in [0.25, 0.3) is 0 Å². The molecule has 0 saturated carbocycles. The van der Waals surface area contributed by atoms with Crippen LogP contribution in [-0.4, -0.2) is 49.6 Å². The van der Waals surface area contributed by atoms with Gasteiger partial charge in [-0.3, -0.25) is 24.6 Å². The Morgan fingerprint density at radius 1 is 1.26 bits per heavy atom. The molecule has 9 heteroatoms. The maximum atomic E-state index is 12.4. The molecule has 2 N–H and O–H groups in total. The summed E-state index contributed by atoms with van der Waals surface area (Å²) in [6.45, 7) is 5.09. The molecule has 0 spiro atoms. The number of rotatable bonds is 5. The number of carbonyl (C=O) groups excluding carboxylic acids is 4. The number of amides is 4. The molecule has 0 unspecified atom stereocenters. The fraction of sp³-hybridized carbons (Fsp3) is 0.444. The van der Waals surface area contributed by atoms with Crippen molar-refractivity contribution in [3.05, 3.63) is 23.8 Å². The Morgan fingerprint density at radius 3 is 2.56 bits per heavy atom. The lowest BCUT2D eigenvalue weighted by molar-refractivity contribution is -0.153. The molecule has 0 aliphatic carbocycles. The molecule has 4 amide bonds. The number of benzene rings is 1. The van der Waals surface area contributed by atoms with Crippen molar-refractivity contribution >= 4 is 29.5 Å². The van der Waals surface area contributed by atoms with E-state index in [-0.39, 0.29) is 31.0 Å². The summed E-state index contributed by atoms with van der Waals surface area (Å²) in [4.78, 5) is 48.8. The fourth-order valence-corrected chi connectivity index (χ4v) is 2.47. The largest absolute Gasteiger partial charge is 0.495 e. The van der Waals surface area contributed by atoms with Crippen molar-refractivity contribution in [1.82, 2.24) is 10.6 Å². The van der Waals surface area contributed by atoms with Gasteiger partial charge in [-0.15, -0.1) is 0 Å². The van der Waals surface area contributed by atoms with Crippen molar-refractivity contribution in [3.8, 4) is 5.75 Å². The predicted octanol–water partition coefficient (Wildman–Crippen LogP) is 1.21. The molecule has 1 aromatic carbocycles. The minimum Gasteiger partial charge on any atom is -0.495 e. The lowest BCUT2D eigenvalue weighted by atomic mass is 10.1. The number of nitrogens with one attached hydrogen (secondary N) is 2. The third kappa shape index (κ3) is 5.44. The highest BCUT2D eigenvalue weighted by Crippen LogP contribution is 2.30. The van der Waals surface area contributed by atoms with E-state index in [1.54, 1.807) is 26.8 Å². The number of hydrogen-bond donors (Lipinski definition) is 2. The second-order valence-electron chi connectivity index (χ2n) is 6.91. The van der Waals surface area contributed by atoms with Gasteiger partial charge in [-0.2, -0.15) is 0 Å². The van der Waals surface area contributed by atoms with E-state index in [0.717, 1.165) is 0 Å². The molecule has 1 aromatic rings. The molecular formula is C18H23N3O6. The van der Waals surface area contributed by atoms with E-state index in [1.807, 2.05) is 0 Å². The summed E-state index contributed by atoms with van der Waals surface area (Å²) in [7, 11) is 1.44. The number of ether oxygens (including phenoxy) is 2. The molecule has 0 bridgehead atoms. The predicted molar refractivity (Wildman–Crippen MR) is 96.7 cm³/mol. The normalized spacial score (nSPS) is 14.4. The van der Waals surface area contributed by atoms with Gasteiger partial charge in [0.1, 0.15) is 17.9 Å². The third-order valence-corrected chi connectivity index (χ3v) is 3.60. The Morgan fingerprint density at radius 2 is 1.96 bits per heavy atom. The summed E-state index contributed by atoms with van der Waals surface area (Å²) in [6.07, 6.45) is 0.143. The zero-order valence-corrected chi connectivity index (χ0v) is 15.8. The van der Waals surface area contributed by atoms with Crippen molar-refractivity contribution in [2.45, 2.75) is 32.8 Å². The number of methoxy groups -OCH3 is 1. The Bertz CT molecular complexity index is 769. The van der Waals surface area contributed by atoms with Gasteiger partial charge in [0.05, 0.1) is 12.8 Å². The molecular weight excluding hydrogens is 354 g/mol. The van der Waals surface area contributed by atoms with E-state index in [2.05, 4.69) is 10.6 Å². The van der Waals surface area contributed by atoms with Crippen LogP contribution in [0.3, 0.4) is 0 Å². The van der Waals surface area contributed by atoms with Gasteiger partial charge >= 0.3 is 12.0 Å². The van der Waals surface area contributed by atoms with Gasteiger partial charge in [-0.1, -0.05) is 0 Å². The highest BCUT2D eigenvalue weighted by Gasteiger charge is 2.27. The summed E-state index contributed by atoms with van der Waals surface area (Å²) in [5.41, 5.74) is -0.0554. The molecule has 1 heterocycles. The molecule has 27 heavy (non-hydrogen) atoms. The van der Waals surface area contributed by atoms with Gasteiger partial charge < -0.3 is 14.8 Å². The SMILES string of the molecule is COc1ccc(C(=O)NCC(=O)OC(C)(C)C)cc1N1CCC(=O)NC1=O. The molecule has 0 atom stereocenters. The first kappa shape index (κ1) is 20.2. The van der Waals surface area contributed by atoms with Crippen molar-refractivity contribution in [2.75, 3.05) is 25.1 Å². The third-order valence-electron chi connectivity index (χ3n) is 3.60. The van der Waals surface area contributed by atoms with Crippen LogP contribution in [0.2, 0.25) is 0 Å². The second kappa shape index (κ2) is 8.07. The molecule has 1 aliphatic heterocycles. The van der Waals surface area contributed by atoms with Gasteiger partial charge in [-0.05, 0) is 39.0 Å². The average Bonchev–Trinajstić information content (AvgIpc) is 2.57. The zero-order chi connectivity index (χ0) is 20.2. The van der Waals surface area contributed by atoms with E-state index in [1.165, 1.54) is 24.1 Å². The van der Waals surface area contributed by atoms with E-state index in [9.17, 15) is 19.2 Å². The standard InChI is InChI=1S/C18H23N3O6/c1-18(2,3)27-15(23)10-19-16(24)11-5-6-13(26-4)12(9-11)21-8-7-14(22)20-17(21)25/h5-6,9H,7-8,10H2,1-4H3,(H,19,24)(H,20,22,25). The maximum absolute atomic E-state index is 12.4. The average molecular weight is 377 g/mol. The minimum atomic E-state index is -0.645. The van der Waals surface area contributed by atoms with Gasteiger partial charge in [0.2, 0.25) is 5.91 Å². The summed E-state index contributed by atoms with van der Waals surface area (Å²) >= 11 is 0. The summed E-state index contributed by atoms with van der Waals surface area (Å²) in [6, 6.07) is 3.94. The van der Waals surface area contributed by atoms with Gasteiger partial charge in [0.15, 0.2) is 0 Å². The fourth-order valence-electron chi connectivity index (χ4n) is 2.47. The first-order valence-electron chi connectivity index (χ1n) is 8.40. The Kier molecular flexibility index (Phi) is 6.04. The molecule has 1 aliphatic rings. The Balaban J connectivity index is 2.14. The highest BCUT2D eigenvalue weighted by molar-refractivity contribution is 6.07. The number of carbonyl (C=O) groups is 4. The van der Waals surface area contributed by atoms with Gasteiger partial charge in [0.25, 0.3) is 5.91 Å². The molecule has 0 radical (unpaired) electrons. The number of urea groups is 1. The van der Waals surface area contributed by atoms with E-state index < -0.39 is 23.5 Å². The summed E-state index contributed by atoms with van der Waals surface area (Å²) in [5.74, 6) is -1.04. The van der Waals surface area contributed by atoms with Crippen molar-refractivity contribution in [2.24, 2.45) is 0 Å². The summed E-state index contributed by atoms with van der Waals surface area (Å²) < 4.78 is 10.4. The Labute approximate surface area is 157 Å². The van der Waals surface area contributed by atoms with Gasteiger partial charge in [0, 0.05) is 18.5 Å². The van der Waals surface area contributed by atoms with E-state index in [4.69, 9.17) is 9.47 Å². The quantitative estimate of drug-likeness (QED) is 0.746. The molecule has 146 valence electrons. The van der Waals surface area contributed by atoms with Crippen LogP contribution in [0, 0.1) is 0 Å². The smallest absolute Gasteiger partial charge is 0.328 e. The first-order chi connectivity index (χ1) is 12.6. The van der Waals surface area contributed by atoms with Crippen LogP contribution in [0.4, 0.5) is 10.5 Å². The lowest BCUT2D eigenvalue weighted by Gasteiger charge is -2.28. The number of anilines is 1. The summed E-state index contributed by atoms with van der Waals surface area (Å²) in [5, 5.41) is 4.70. The number of imide groups is 1. The van der Waals surface area contributed by atoms with Crippen LogP contribution in [-0.2, 0) is 14.3 Å². The first-order valence-corrected chi connectivity index (χ1v) is 8.40. The minimum absolute atomic E-state index is 0.143. The van der Waals surface area contributed by atoms with Crippen LogP contribution < -0.4 is 20.3 Å². The molecule has 1 fully saturated rings. The molecule has 9 nitrogen and oxygen atoms in total. The van der Waals surface area contributed by atoms with Crippen LogP contribution in [0.1, 0.15) is 37.6 Å². The van der Waals surface area contributed by atoms with Crippen LogP contribution in [0.15, 0.2) is 18.2 Å². The van der Waals surface area contributed by atoms with Crippen LogP contribution >= 0.6 is 0 Å². The van der Waals surface area contributed by atoms with Crippen molar-refractivity contribution in [3.63, 3.8) is 0 Å². The number of hydrogen-bond acceptors (Lipinski definition) is 6. The van der Waals surface area contributed by atoms with Crippen LogP contribution in [0.5, 0.6) is 5.75 Å². The number of nitrogens with zero attached hydrogens (tertiary/aromatic N) is 1. The second-order valence-corrected chi connectivity index (χ2v) is 6.91. The van der Waals surface area contributed by atoms with Gasteiger partial charge in [-0.25, -0.2) is 4.79 Å². The molecule has 2 rings (SSSR count). The Hall–Kier alpha value is -3.10. The maximum Gasteiger partial charge on any atom is 0.328 e. The monoisotopic (exact) mass is 377 g/mol. The van der Waals surface area contributed by atoms with E-state index >= 15 is 0 Å². The van der Waals surface area contributed by atoms with Crippen molar-refractivity contribution < 1.29 is 28.7 Å². The molecule has 1 saturated heterocycles. The molecule has 0 aromatic heterocycles. The van der Waals surface area contributed by atoms with Crippen molar-refractivity contribution in [1.29, 1.82) is 0 Å². The lowest BCUT2D eigenvalue weighted by Crippen LogP contribution is -2.49. The highest BCUT2D eigenvalue weighted by atomic mass is 16.6. The number of esters is 1. The zero-order valence-electron chi connectivity index (χ0n) is 15.8. The topological polar surface area (TPSA) is 114 Å².